The van der Waals surface area contributed by atoms with Crippen molar-refractivity contribution in [2.75, 3.05) is 19.3 Å². The Morgan fingerprint density at radius 2 is 2.43 bits per heavy atom. The number of piperidine rings is 1. The number of thioether (sulfide) groups is 1. The van der Waals surface area contributed by atoms with Crippen LogP contribution in [0.4, 0.5) is 0 Å². The fourth-order valence-corrected chi connectivity index (χ4v) is 3.73. The predicted molar refractivity (Wildman–Crippen MR) is 80.7 cm³/mol. The number of amides is 1. The minimum Gasteiger partial charge on any atom is -0.347 e. The first-order valence-corrected chi connectivity index (χ1v) is 8.95. The normalized spacial score (nSPS) is 24.6. The van der Waals surface area contributed by atoms with E-state index in [1.807, 2.05) is 6.26 Å². The second-order valence-corrected chi connectivity index (χ2v) is 6.76. The standard InChI is InChI=1S/C14H22N4O2S/c1-21-9-12-16-14(20-17-12)7-15-13(19)4-5-18-8-10-2-3-11(18)6-10/h10-11H,2-9H2,1H3,(H,15,19)/t10-,11+/m1/s1. The van der Waals surface area contributed by atoms with Gasteiger partial charge in [0, 0.05) is 25.6 Å². The van der Waals surface area contributed by atoms with Crippen LogP contribution in [0.2, 0.25) is 0 Å². The van der Waals surface area contributed by atoms with Crippen LogP contribution in [0.25, 0.3) is 0 Å². The van der Waals surface area contributed by atoms with Crippen molar-refractivity contribution in [2.24, 2.45) is 5.92 Å². The van der Waals surface area contributed by atoms with Gasteiger partial charge >= 0.3 is 0 Å². The number of rotatable bonds is 7. The Hall–Kier alpha value is -1.08. The molecule has 2 bridgehead atoms. The first kappa shape index (κ1) is 14.8. The third-order valence-electron chi connectivity index (χ3n) is 4.37. The zero-order valence-corrected chi connectivity index (χ0v) is 13.2. The lowest BCUT2D eigenvalue weighted by Gasteiger charge is -2.26. The zero-order valence-electron chi connectivity index (χ0n) is 12.4. The fourth-order valence-electron chi connectivity index (χ4n) is 3.36. The van der Waals surface area contributed by atoms with Gasteiger partial charge in [-0.15, -0.1) is 0 Å². The van der Waals surface area contributed by atoms with Gasteiger partial charge in [0.15, 0.2) is 5.82 Å². The van der Waals surface area contributed by atoms with Crippen LogP contribution in [0, 0.1) is 5.92 Å². The van der Waals surface area contributed by atoms with Crippen molar-refractivity contribution >= 4 is 17.7 Å². The summed E-state index contributed by atoms with van der Waals surface area (Å²) in [6.07, 6.45) is 6.56. The molecule has 2 atom stereocenters. The maximum Gasteiger partial charge on any atom is 0.246 e. The molecule has 2 aliphatic rings. The predicted octanol–water partition coefficient (Wildman–Crippen LogP) is 1.42. The molecule has 2 heterocycles. The van der Waals surface area contributed by atoms with E-state index in [9.17, 15) is 4.79 Å². The van der Waals surface area contributed by atoms with Gasteiger partial charge in [-0.3, -0.25) is 9.69 Å². The Morgan fingerprint density at radius 3 is 3.14 bits per heavy atom. The molecule has 3 rings (SSSR count). The molecule has 0 spiro atoms. The van der Waals surface area contributed by atoms with E-state index < -0.39 is 0 Å². The van der Waals surface area contributed by atoms with Crippen LogP contribution >= 0.6 is 11.8 Å². The average molecular weight is 310 g/mol. The summed E-state index contributed by atoms with van der Waals surface area (Å²) in [7, 11) is 0. The molecule has 1 saturated carbocycles. The topological polar surface area (TPSA) is 71.3 Å². The minimum atomic E-state index is 0.0578. The van der Waals surface area contributed by atoms with Crippen LogP contribution in [-0.2, 0) is 17.1 Å². The van der Waals surface area contributed by atoms with E-state index in [1.54, 1.807) is 11.8 Å². The number of hydrogen-bond acceptors (Lipinski definition) is 6. The number of carbonyl (C=O) groups excluding carboxylic acids is 1. The molecule has 1 amide bonds. The highest BCUT2D eigenvalue weighted by Gasteiger charge is 2.37. The summed E-state index contributed by atoms with van der Waals surface area (Å²) in [6.45, 7) is 2.38. The summed E-state index contributed by atoms with van der Waals surface area (Å²) in [5, 5.41) is 6.71. The monoisotopic (exact) mass is 310 g/mol. The van der Waals surface area contributed by atoms with Gasteiger partial charge in [0.1, 0.15) is 0 Å². The first-order chi connectivity index (χ1) is 10.2. The van der Waals surface area contributed by atoms with Crippen molar-refractivity contribution in [3.8, 4) is 0 Å². The second-order valence-electron chi connectivity index (χ2n) is 5.89. The van der Waals surface area contributed by atoms with Crippen molar-refractivity contribution in [3.05, 3.63) is 11.7 Å². The highest BCUT2D eigenvalue weighted by molar-refractivity contribution is 7.97. The molecule has 116 valence electrons. The maximum absolute atomic E-state index is 11.9. The molecule has 1 aliphatic heterocycles. The summed E-state index contributed by atoms with van der Waals surface area (Å²) in [5.74, 6) is 2.83. The van der Waals surface area contributed by atoms with Gasteiger partial charge in [-0.05, 0) is 31.4 Å². The van der Waals surface area contributed by atoms with Crippen LogP contribution in [0.1, 0.15) is 37.4 Å². The van der Waals surface area contributed by atoms with Crippen molar-refractivity contribution in [1.29, 1.82) is 0 Å². The van der Waals surface area contributed by atoms with Gasteiger partial charge < -0.3 is 9.84 Å². The molecule has 7 heteroatoms. The Labute approximate surface area is 129 Å². The number of fused-ring (bicyclic) bond motifs is 2. The van der Waals surface area contributed by atoms with E-state index in [1.165, 1.54) is 25.8 Å². The molecule has 1 aromatic rings. The number of aromatic nitrogens is 2. The molecule has 1 aromatic heterocycles. The van der Waals surface area contributed by atoms with Gasteiger partial charge in [-0.2, -0.15) is 16.7 Å². The minimum absolute atomic E-state index is 0.0578. The molecule has 1 saturated heterocycles. The van der Waals surface area contributed by atoms with E-state index in [0.29, 0.717) is 24.7 Å². The molecule has 2 fully saturated rings. The Bertz CT molecular complexity index is 493. The van der Waals surface area contributed by atoms with Crippen molar-refractivity contribution in [1.82, 2.24) is 20.4 Å². The second kappa shape index (κ2) is 6.79. The van der Waals surface area contributed by atoms with E-state index in [4.69, 9.17) is 4.52 Å². The molecule has 1 N–H and O–H groups in total. The van der Waals surface area contributed by atoms with Crippen LogP contribution in [0.15, 0.2) is 4.52 Å². The molecule has 6 nitrogen and oxygen atoms in total. The third kappa shape index (κ3) is 3.77. The molecule has 1 aliphatic carbocycles. The van der Waals surface area contributed by atoms with Crippen LogP contribution in [0.3, 0.4) is 0 Å². The smallest absolute Gasteiger partial charge is 0.246 e. The highest BCUT2D eigenvalue weighted by Crippen LogP contribution is 2.37. The summed E-state index contributed by atoms with van der Waals surface area (Å²) >= 11 is 1.64. The van der Waals surface area contributed by atoms with Crippen LogP contribution < -0.4 is 5.32 Å². The van der Waals surface area contributed by atoms with Crippen molar-refractivity contribution < 1.29 is 9.32 Å². The summed E-state index contributed by atoms with van der Waals surface area (Å²) in [4.78, 5) is 18.6. The number of likely N-dealkylation sites (tertiary alicyclic amines) is 1. The van der Waals surface area contributed by atoms with Crippen molar-refractivity contribution in [3.63, 3.8) is 0 Å². The van der Waals surface area contributed by atoms with Gasteiger partial charge in [0.2, 0.25) is 11.8 Å². The number of nitrogens with one attached hydrogen (secondary N) is 1. The van der Waals surface area contributed by atoms with E-state index in [2.05, 4.69) is 20.4 Å². The third-order valence-corrected chi connectivity index (χ3v) is 4.92. The Balaban J connectivity index is 1.36. The Morgan fingerprint density at radius 1 is 1.52 bits per heavy atom. The molecule has 0 radical (unpaired) electrons. The molecular weight excluding hydrogens is 288 g/mol. The van der Waals surface area contributed by atoms with Gasteiger partial charge in [-0.25, -0.2) is 0 Å². The maximum atomic E-state index is 11.9. The van der Waals surface area contributed by atoms with Gasteiger partial charge in [0.05, 0.1) is 12.3 Å². The van der Waals surface area contributed by atoms with E-state index in [0.717, 1.165) is 24.3 Å². The average Bonchev–Trinajstić information content (AvgIpc) is 3.19. The summed E-state index contributed by atoms with van der Waals surface area (Å²) < 4.78 is 5.09. The molecule has 0 aromatic carbocycles. The number of hydrogen-bond donors (Lipinski definition) is 1. The van der Waals surface area contributed by atoms with Crippen LogP contribution in [0.5, 0.6) is 0 Å². The zero-order chi connectivity index (χ0) is 14.7. The largest absolute Gasteiger partial charge is 0.347 e. The van der Waals surface area contributed by atoms with Gasteiger partial charge in [-0.1, -0.05) is 5.16 Å². The van der Waals surface area contributed by atoms with E-state index >= 15 is 0 Å². The lowest BCUT2D eigenvalue weighted by Crippen LogP contribution is -2.35. The lowest BCUT2D eigenvalue weighted by molar-refractivity contribution is -0.121. The lowest BCUT2D eigenvalue weighted by atomic mass is 10.1. The summed E-state index contributed by atoms with van der Waals surface area (Å²) in [6, 6.07) is 0.729. The van der Waals surface area contributed by atoms with Crippen LogP contribution in [-0.4, -0.2) is 46.3 Å². The highest BCUT2D eigenvalue weighted by atomic mass is 32.2. The first-order valence-electron chi connectivity index (χ1n) is 7.55. The molecular formula is C14H22N4O2S. The number of carbonyl (C=O) groups is 1. The van der Waals surface area contributed by atoms with E-state index in [-0.39, 0.29) is 5.91 Å². The fraction of sp³-hybridized carbons (Fsp3) is 0.786. The summed E-state index contributed by atoms with van der Waals surface area (Å²) in [5.41, 5.74) is 0. The quantitative estimate of drug-likeness (QED) is 0.821. The Kier molecular flexibility index (Phi) is 4.80. The van der Waals surface area contributed by atoms with Gasteiger partial charge in [0.25, 0.3) is 0 Å². The SMILES string of the molecule is CSCc1noc(CNC(=O)CCN2C[C@@H]3CC[C@H]2C3)n1. The molecule has 0 unspecified atom stereocenters. The molecule has 21 heavy (non-hydrogen) atoms. The van der Waals surface area contributed by atoms with Crippen molar-refractivity contribution in [2.45, 2.75) is 44.0 Å². The number of nitrogens with zero attached hydrogens (tertiary/aromatic N) is 3.